The van der Waals surface area contributed by atoms with Crippen molar-refractivity contribution in [2.45, 2.75) is 49.9 Å². The van der Waals surface area contributed by atoms with Crippen LogP contribution in [0, 0.1) is 17.8 Å². The summed E-state index contributed by atoms with van der Waals surface area (Å²) in [6, 6.07) is 0. The van der Waals surface area contributed by atoms with Gasteiger partial charge < -0.3 is 0 Å². The van der Waals surface area contributed by atoms with Crippen LogP contribution >= 0.6 is 22.6 Å². The van der Waals surface area contributed by atoms with E-state index in [1.165, 1.54) is 19.3 Å². The Kier molecular flexibility index (Phi) is 5.48. The summed E-state index contributed by atoms with van der Waals surface area (Å²) in [6.07, 6.45) is 6.06. The van der Waals surface area contributed by atoms with Gasteiger partial charge in [-0.3, -0.25) is 9.69 Å². The molecule has 0 aromatic carbocycles. The molecule has 1 aliphatic heterocycles. The number of carbonyl (C=O) groups is 1. The van der Waals surface area contributed by atoms with Crippen LogP contribution in [0.1, 0.15) is 46.0 Å². The molecule has 2 fully saturated rings. The molecule has 0 N–H and O–H groups in total. The molecular weight excluding hydrogens is 337 g/mol. The van der Waals surface area contributed by atoms with Crippen molar-refractivity contribution in [2.75, 3.05) is 19.6 Å². The van der Waals surface area contributed by atoms with Gasteiger partial charge in [-0.1, -0.05) is 36.4 Å². The van der Waals surface area contributed by atoms with Gasteiger partial charge in [0.25, 0.3) is 0 Å². The highest BCUT2D eigenvalue weighted by molar-refractivity contribution is 14.1. The molecule has 0 amide bonds. The third kappa shape index (κ3) is 4.19. The van der Waals surface area contributed by atoms with Gasteiger partial charge >= 0.3 is 0 Å². The predicted octanol–water partition coefficient (Wildman–Crippen LogP) is 3.53. The number of Topliss-reactive ketones (excluding diaryl/α,β-unsaturated/α-hetero) is 1. The van der Waals surface area contributed by atoms with Crippen LogP contribution in [0.3, 0.4) is 0 Å². The van der Waals surface area contributed by atoms with Crippen molar-refractivity contribution < 1.29 is 4.79 Å². The number of halogens is 1. The highest BCUT2D eigenvalue weighted by atomic mass is 127. The maximum atomic E-state index is 12.3. The van der Waals surface area contributed by atoms with Crippen LogP contribution in [0.2, 0.25) is 0 Å². The smallest absolute Gasteiger partial charge is 0.149 e. The molecule has 2 rings (SSSR count). The van der Waals surface area contributed by atoms with Gasteiger partial charge in [-0.05, 0) is 43.9 Å². The molecule has 0 radical (unpaired) electrons. The number of ketones is 1. The van der Waals surface area contributed by atoms with Gasteiger partial charge in [0.2, 0.25) is 0 Å². The minimum atomic E-state index is 0.364. The number of hydrogen-bond donors (Lipinski definition) is 0. The second-order valence-corrected chi connectivity index (χ2v) is 8.32. The third-order valence-corrected chi connectivity index (χ3v) is 5.68. The van der Waals surface area contributed by atoms with Crippen LogP contribution < -0.4 is 0 Å². The molecule has 3 heteroatoms. The molecule has 0 aromatic heterocycles. The lowest BCUT2D eigenvalue weighted by Gasteiger charge is -2.35. The van der Waals surface area contributed by atoms with Crippen molar-refractivity contribution >= 4 is 28.4 Å². The Morgan fingerprint density at radius 1 is 1.11 bits per heavy atom. The summed E-state index contributed by atoms with van der Waals surface area (Å²) < 4.78 is 0.807. The van der Waals surface area contributed by atoms with E-state index in [4.69, 9.17) is 0 Å². The number of piperidine rings is 1. The monoisotopic (exact) mass is 363 g/mol. The number of nitrogens with zero attached hydrogens (tertiary/aromatic N) is 1. The van der Waals surface area contributed by atoms with Gasteiger partial charge in [0, 0.05) is 22.9 Å². The number of rotatable bonds is 3. The Morgan fingerprint density at radius 3 is 2.22 bits per heavy atom. The molecule has 18 heavy (non-hydrogen) atoms. The highest BCUT2D eigenvalue weighted by Crippen LogP contribution is 2.30. The van der Waals surface area contributed by atoms with Gasteiger partial charge in [-0.25, -0.2) is 0 Å². The summed E-state index contributed by atoms with van der Waals surface area (Å²) >= 11 is 2.53. The zero-order chi connectivity index (χ0) is 13.1. The van der Waals surface area contributed by atoms with Gasteiger partial charge in [0.15, 0.2) is 0 Å². The third-order valence-electron chi connectivity index (χ3n) is 4.44. The molecule has 2 aliphatic rings. The van der Waals surface area contributed by atoms with E-state index in [-0.39, 0.29) is 0 Å². The molecule has 2 nitrogen and oxygen atoms in total. The van der Waals surface area contributed by atoms with Crippen LogP contribution in [0.25, 0.3) is 0 Å². The maximum Gasteiger partial charge on any atom is 0.149 e. The van der Waals surface area contributed by atoms with Crippen molar-refractivity contribution in [1.82, 2.24) is 4.90 Å². The van der Waals surface area contributed by atoms with E-state index in [0.29, 0.717) is 18.2 Å². The van der Waals surface area contributed by atoms with Gasteiger partial charge in [-0.2, -0.15) is 0 Å². The van der Waals surface area contributed by atoms with Crippen LogP contribution in [0.4, 0.5) is 0 Å². The first-order valence-corrected chi connectivity index (χ1v) is 8.68. The predicted molar refractivity (Wildman–Crippen MR) is 84.2 cm³/mol. The standard InChI is InChI=1S/C15H26INO/c1-11-7-12(2)9-17(8-11)10-15(18)13-3-5-14(16)6-4-13/h11-14H,3-10H2,1-2H3. The quantitative estimate of drug-likeness (QED) is 0.565. The van der Waals surface area contributed by atoms with Crippen LogP contribution in [-0.2, 0) is 4.79 Å². The van der Waals surface area contributed by atoms with E-state index < -0.39 is 0 Å². The lowest BCUT2D eigenvalue weighted by atomic mass is 9.85. The molecular formula is C15H26INO. The van der Waals surface area contributed by atoms with E-state index in [0.717, 1.165) is 41.7 Å². The largest absolute Gasteiger partial charge is 0.298 e. The number of carbonyl (C=O) groups excluding carboxylic acids is 1. The summed E-state index contributed by atoms with van der Waals surface area (Å²) in [7, 11) is 0. The minimum absolute atomic E-state index is 0.364. The highest BCUT2D eigenvalue weighted by Gasteiger charge is 2.28. The van der Waals surface area contributed by atoms with E-state index in [1.54, 1.807) is 0 Å². The molecule has 0 aromatic rings. The molecule has 2 unspecified atom stereocenters. The average molecular weight is 363 g/mol. The van der Waals surface area contributed by atoms with E-state index in [1.807, 2.05) is 0 Å². The molecule has 0 spiro atoms. The van der Waals surface area contributed by atoms with Crippen LogP contribution in [-0.4, -0.2) is 34.2 Å². The average Bonchev–Trinajstić information content (AvgIpc) is 2.28. The molecule has 1 saturated heterocycles. The first-order valence-electron chi connectivity index (χ1n) is 7.43. The van der Waals surface area contributed by atoms with Crippen molar-refractivity contribution in [3.63, 3.8) is 0 Å². The first kappa shape index (κ1) is 14.8. The molecule has 1 heterocycles. The van der Waals surface area contributed by atoms with Crippen molar-refractivity contribution in [2.24, 2.45) is 17.8 Å². The zero-order valence-corrected chi connectivity index (χ0v) is 13.9. The second kappa shape index (κ2) is 6.69. The fraction of sp³-hybridized carbons (Fsp3) is 0.933. The normalized spacial score (nSPS) is 38.6. The van der Waals surface area contributed by atoms with Crippen molar-refractivity contribution in [3.8, 4) is 0 Å². The Hall–Kier alpha value is 0.360. The van der Waals surface area contributed by atoms with Crippen molar-refractivity contribution in [1.29, 1.82) is 0 Å². The Bertz CT molecular complexity index is 276. The molecule has 104 valence electrons. The molecule has 1 saturated carbocycles. The van der Waals surface area contributed by atoms with Crippen molar-refractivity contribution in [3.05, 3.63) is 0 Å². The Balaban J connectivity index is 1.80. The van der Waals surface area contributed by atoms with E-state index in [2.05, 4.69) is 41.3 Å². The SMILES string of the molecule is CC1CC(C)CN(CC(=O)C2CCC(I)CC2)C1. The molecule has 0 bridgehead atoms. The second-order valence-electron chi connectivity index (χ2n) is 6.56. The number of alkyl halides is 1. The van der Waals surface area contributed by atoms with Gasteiger partial charge in [-0.15, -0.1) is 0 Å². The Labute approximate surface area is 125 Å². The molecule has 1 aliphatic carbocycles. The zero-order valence-electron chi connectivity index (χ0n) is 11.7. The summed E-state index contributed by atoms with van der Waals surface area (Å²) in [6.45, 7) is 7.59. The van der Waals surface area contributed by atoms with Gasteiger partial charge in [0.05, 0.1) is 6.54 Å². The topological polar surface area (TPSA) is 20.3 Å². The maximum absolute atomic E-state index is 12.3. The fourth-order valence-corrected chi connectivity index (χ4v) is 4.36. The number of hydrogen-bond acceptors (Lipinski definition) is 2. The van der Waals surface area contributed by atoms with E-state index in [9.17, 15) is 4.79 Å². The number of likely N-dealkylation sites (tertiary alicyclic amines) is 1. The lowest BCUT2D eigenvalue weighted by molar-refractivity contribution is -0.125. The van der Waals surface area contributed by atoms with Crippen LogP contribution in [0.15, 0.2) is 0 Å². The summed E-state index contributed by atoms with van der Waals surface area (Å²) in [4.78, 5) is 14.7. The van der Waals surface area contributed by atoms with Gasteiger partial charge in [0.1, 0.15) is 5.78 Å². The fourth-order valence-electron chi connectivity index (χ4n) is 3.65. The lowest BCUT2D eigenvalue weighted by Crippen LogP contribution is -2.43. The first-order chi connectivity index (χ1) is 8.54. The molecule has 2 atom stereocenters. The Morgan fingerprint density at radius 2 is 1.67 bits per heavy atom. The summed E-state index contributed by atoms with van der Waals surface area (Å²) in [5.74, 6) is 2.39. The summed E-state index contributed by atoms with van der Waals surface area (Å²) in [5, 5.41) is 0. The minimum Gasteiger partial charge on any atom is -0.298 e. The van der Waals surface area contributed by atoms with E-state index >= 15 is 0 Å². The summed E-state index contributed by atoms with van der Waals surface area (Å²) in [5.41, 5.74) is 0. The van der Waals surface area contributed by atoms with Crippen LogP contribution in [0.5, 0.6) is 0 Å².